The molecule has 17 heavy (non-hydrogen) atoms. The summed E-state index contributed by atoms with van der Waals surface area (Å²) in [5.74, 6) is -2.80. The van der Waals surface area contributed by atoms with Crippen LogP contribution in [0.1, 0.15) is 50.9 Å². The Morgan fingerprint density at radius 2 is 1.82 bits per heavy atom. The molecule has 3 nitrogen and oxygen atoms in total. The molecule has 0 N–H and O–H groups in total. The Kier molecular flexibility index (Phi) is 2.96. The van der Waals surface area contributed by atoms with Crippen LogP contribution in [0, 0.1) is 5.41 Å². The highest BCUT2D eigenvalue weighted by Crippen LogP contribution is 2.40. The minimum atomic E-state index is -2.80. The topological polar surface area (TPSA) is 30.7 Å². The summed E-state index contributed by atoms with van der Waals surface area (Å²) in [5, 5.41) is 7.68. The first kappa shape index (κ1) is 12.5. The molecule has 0 bridgehead atoms. The molecule has 1 aromatic rings. The van der Waals surface area contributed by atoms with Crippen molar-refractivity contribution in [3.63, 3.8) is 0 Å². The van der Waals surface area contributed by atoms with Crippen LogP contribution in [0.15, 0.2) is 0 Å². The lowest BCUT2D eigenvalue weighted by molar-refractivity contribution is -0.0239. The average molecular weight is 243 g/mol. The van der Waals surface area contributed by atoms with Gasteiger partial charge in [-0.05, 0) is 24.7 Å². The standard InChI is InChI=1S/C12H19F2N3/c1-11(2)6-4-5-7-12(13,14)10-9(8-11)15-16-17(10)3/h4-8H2,1-3H3. The normalized spacial score (nSPS) is 23.4. The number of halogens is 2. The summed E-state index contributed by atoms with van der Waals surface area (Å²) >= 11 is 0. The predicted octanol–water partition coefficient (Wildman–Crippen LogP) is 3.05. The van der Waals surface area contributed by atoms with Gasteiger partial charge in [0, 0.05) is 13.5 Å². The van der Waals surface area contributed by atoms with Crippen molar-refractivity contribution < 1.29 is 8.78 Å². The molecule has 0 saturated heterocycles. The Morgan fingerprint density at radius 1 is 1.18 bits per heavy atom. The Morgan fingerprint density at radius 3 is 2.53 bits per heavy atom. The summed E-state index contributed by atoms with van der Waals surface area (Å²) in [4.78, 5) is 0. The van der Waals surface area contributed by atoms with Crippen molar-refractivity contribution in [2.45, 2.75) is 51.9 Å². The molecule has 0 saturated carbocycles. The molecule has 2 rings (SSSR count). The number of nitrogens with zero attached hydrogens (tertiary/aromatic N) is 3. The minimum Gasteiger partial charge on any atom is -0.246 e. The van der Waals surface area contributed by atoms with E-state index in [0.29, 0.717) is 18.5 Å². The lowest BCUT2D eigenvalue weighted by atomic mass is 9.83. The Hall–Kier alpha value is -1.00. The molecular weight excluding hydrogens is 224 g/mol. The van der Waals surface area contributed by atoms with E-state index in [1.807, 2.05) is 0 Å². The first-order chi connectivity index (χ1) is 7.82. The number of rotatable bonds is 0. The van der Waals surface area contributed by atoms with Crippen LogP contribution >= 0.6 is 0 Å². The van der Waals surface area contributed by atoms with Crippen LogP contribution in [-0.4, -0.2) is 15.0 Å². The molecule has 1 aliphatic carbocycles. The van der Waals surface area contributed by atoms with Crippen LogP contribution < -0.4 is 0 Å². The molecule has 0 amide bonds. The van der Waals surface area contributed by atoms with Gasteiger partial charge in [0.25, 0.3) is 5.92 Å². The van der Waals surface area contributed by atoms with E-state index in [1.54, 1.807) is 7.05 Å². The van der Waals surface area contributed by atoms with Crippen LogP contribution in [0.3, 0.4) is 0 Å². The third-order valence-corrected chi connectivity index (χ3v) is 3.48. The van der Waals surface area contributed by atoms with Gasteiger partial charge in [-0.1, -0.05) is 25.5 Å². The zero-order chi connectivity index (χ0) is 12.7. The number of alkyl halides is 2. The molecule has 0 atom stereocenters. The molecule has 96 valence electrons. The molecule has 0 fully saturated rings. The van der Waals surface area contributed by atoms with E-state index in [-0.39, 0.29) is 17.5 Å². The zero-order valence-corrected chi connectivity index (χ0v) is 10.6. The molecule has 0 aromatic carbocycles. The fourth-order valence-electron chi connectivity index (χ4n) is 2.58. The van der Waals surface area contributed by atoms with E-state index >= 15 is 0 Å². The zero-order valence-electron chi connectivity index (χ0n) is 10.6. The second-order valence-corrected chi connectivity index (χ2v) is 5.76. The van der Waals surface area contributed by atoms with Gasteiger partial charge >= 0.3 is 0 Å². The highest BCUT2D eigenvalue weighted by Gasteiger charge is 2.40. The highest BCUT2D eigenvalue weighted by molar-refractivity contribution is 5.18. The van der Waals surface area contributed by atoms with E-state index in [1.165, 1.54) is 4.68 Å². The second kappa shape index (κ2) is 4.03. The molecule has 5 heteroatoms. The molecule has 0 radical (unpaired) electrons. The lowest BCUT2D eigenvalue weighted by Gasteiger charge is -2.22. The number of fused-ring (bicyclic) bond motifs is 1. The van der Waals surface area contributed by atoms with Gasteiger partial charge in [0.2, 0.25) is 0 Å². The number of hydrogen-bond acceptors (Lipinski definition) is 2. The minimum absolute atomic E-state index is 0.00692. The van der Waals surface area contributed by atoms with E-state index in [2.05, 4.69) is 24.2 Å². The van der Waals surface area contributed by atoms with E-state index < -0.39 is 5.92 Å². The van der Waals surface area contributed by atoms with Gasteiger partial charge in [-0.25, -0.2) is 4.68 Å². The van der Waals surface area contributed by atoms with Crippen molar-refractivity contribution in [3.05, 3.63) is 11.4 Å². The molecular formula is C12H19F2N3. The number of hydrogen-bond donors (Lipinski definition) is 0. The Balaban J connectivity index is 2.45. The summed E-state index contributed by atoms with van der Waals surface area (Å²) in [6, 6.07) is 0. The van der Waals surface area contributed by atoms with E-state index in [0.717, 1.165) is 12.8 Å². The highest BCUT2D eigenvalue weighted by atomic mass is 19.3. The van der Waals surface area contributed by atoms with E-state index in [9.17, 15) is 8.78 Å². The van der Waals surface area contributed by atoms with Crippen LogP contribution in [-0.2, 0) is 19.4 Å². The molecule has 1 heterocycles. The molecule has 1 aliphatic rings. The lowest BCUT2D eigenvalue weighted by Crippen LogP contribution is -2.21. The van der Waals surface area contributed by atoms with Gasteiger partial charge in [-0.3, -0.25) is 0 Å². The molecule has 0 aliphatic heterocycles. The first-order valence-corrected chi connectivity index (χ1v) is 6.09. The van der Waals surface area contributed by atoms with Crippen molar-refractivity contribution in [2.75, 3.05) is 0 Å². The number of aryl methyl sites for hydroxylation is 1. The molecule has 0 spiro atoms. The Bertz CT molecular complexity index is 410. The fourth-order valence-corrected chi connectivity index (χ4v) is 2.58. The van der Waals surface area contributed by atoms with Gasteiger partial charge in [-0.2, -0.15) is 8.78 Å². The van der Waals surface area contributed by atoms with Crippen molar-refractivity contribution >= 4 is 0 Å². The number of aromatic nitrogens is 3. The quantitative estimate of drug-likeness (QED) is 0.701. The van der Waals surface area contributed by atoms with Crippen LogP contribution in [0.2, 0.25) is 0 Å². The smallest absolute Gasteiger partial charge is 0.246 e. The second-order valence-electron chi connectivity index (χ2n) is 5.76. The average Bonchev–Trinajstić information content (AvgIpc) is 2.54. The summed E-state index contributed by atoms with van der Waals surface area (Å²) in [6.07, 6.45) is 2.84. The third kappa shape index (κ3) is 2.48. The first-order valence-electron chi connectivity index (χ1n) is 6.09. The summed E-state index contributed by atoms with van der Waals surface area (Å²) < 4.78 is 29.4. The van der Waals surface area contributed by atoms with Crippen LogP contribution in [0.4, 0.5) is 8.78 Å². The van der Waals surface area contributed by atoms with Crippen molar-refractivity contribution in [1.29, 1.82) is 0 Å². The maximum absolute atomic E-state index is 14.1. The predicted molar refractivity (Wildman–Crippen MR) is 60.9 cm³/mol. The monoisotopic (exact) mass is 243 g/mol. The van der Waals surface area contributed by atoms with Crippen LogP contribution in [0.5, 0.6) is 0 Å². The van der Waals surface area contributed by atoms with Gasteiger partial charge in [0.1, 0.15) is 5.69 Å². The van der Waals surface area contributed by atoms with Gasteiger partial charge in [0.05, 0.1) is 5.69 Å². The molecule has 1 aromatic heterocycles. The maximum atomic E-state index is 14.1. The fraction of sp³-hybridized carbons (Fsp3) is 0.833. The molecule has 0 unspecified atom stereocenters. The summed E-state index contributed by atoms with van der Waals surface area (Å²) in [5.41, 5.74) is 0.488. The largest absolute Gasteiger partial charge is 0.291 e. The van der Waals surface area contributed by atoms with Crippen molar-refractivity contribution in [2.24, 2.45) is 12.5 Å². The third-order valence-electron chi connectivity index (χ3n) is 3.48. The van der Waals surface area contributed by atoms with E-state index in [4.69, 9.17) is 0 Å². The van der Waals surface area contributed by atoms with Crippen LogP contribution in [0.25, 0.3) is 0 Å². The summed E-state index contributed by atoms with van der Waals surface area (Å²) in [6.45, 7) is 4.21. The van der Waals surface area contributed by atoms with Gasteiger partial charge in [0.15, 0.2) is 0 Å². The Labute approximate surface area is 100 Å². The summed E-state index contributed by atoms with van der Waals surface area (Å²) in [7, 11) is 1.55. The SMILES string of the molecule is Cn1nnc2c1C(F)(F)CCCCC(C)(C)C2. The van der Waals surface area contributed by atoms with Crippen molar-refractivity contribution in [3.8, 4) is 0 Å². The maximum Gasteiger partial charge on any atom is 0.291 e. The van der Waals surface area contributed by atoms with Gasteiger partial charge < -0.3 is 0 Å². The van der Waals surface area contributed by atoms with Gasteiger partial charge in [-0.15, -0.1) is 5.10 Å². The van der Waals surface area contributed by atoms with Crippen molar-refractivity contribution in [1.82, 2.24) is 15.0 Å².